The Balaban J connectivity index is 1.98. The maximum Gasteiger partial charge on any atom is 0.102 e. The number of nitriles is 1. The van der Waals surface area contributed by atoms with Crippen LogP contribution in [-0.2, 0) is 0 Å². The molecule has 0 heterocycles. The number of anilines is 1. The van der Waals surface area contributed by atoms with Crippen LogP contribution in [0.25, 0.3) is 0 Å². The average molecular weight is 274 g/mol. The number of hydrogen-bond acceptors (Lipinski definition) is 3. The van der Waals surface area contributed by atoms with Crippen LogP contribution in [0, 0.1) is 23.2 Å². The lowest BCUT2D eigenvalue weighted by atomic mass is 9.83. The third-order valence-corrected chi connectivity index (χ3v) is 4.85. The van der Waals surface area contributed by atoms with Gasteiger partial charge in [-0.2, -0.15) is 5.26 Å². The van der Waals surface area contributed by atoms with Gasteiger partial charge in [-0.15, -0.1) is 11.8 Å². The minimum Gasteiger partial charge on any atom is -0.384 e. The van der Waals surface area contributed by atoms with E-state index in [1.54, 1.807) is 11.8 Å². The van der Waals surface area contributed by atoms with Gasteiger partial charge in [0.15, 0.2) is 0 Å². The maximum absolute atomic E-state index is 9.30. The van der Waals surface area contributed by atoms with Gasteiger partial charge >= 0.3 is 0 Å². The Hall–Kier alpha value is -1.14. The van der Waals surface area contributed by atoms with Crippen molar-refractivity contribution < 1.29 is 0 Å². The number of nitrogens with one attached hydrogen (secondary N) is 1. The van der Waals surface area contributed by atoms with Gasteiger partial charge in [0.05, 0.1) is 11.3 Å². The molecule has 1 aliphatic carbocycles. The van der Waals surface area contributed by atoms with E-state index in [1.807, 2.05) is 24.5 Å². The van der Waals surface area contributed by atoms with E-state index in [1.165, 1.54) is 25.7 Å². The van der Waals surface area contributed by atoms with Crippen LogP contribution < -0.4 is 5.32 Å². The highest BCUT2D eigenvalue weighted by Crippen LogP contribution is 2.30. The molecular formula is C16H22N2S. The van der Waals surface area contributed by atoms with Crippen molar-refractivity contribution in [2.45, 2.75) is 37.5 Å². The Morgan fingerprint density at radius 3 is 2.68 bits per heavy atom. The van der Waals surface area contributed by atoms with Crippen molar-refractivity contribution in [1.29, 1.82) is 5.26 Å². The fourth-order valence-corrected chi connectivity index (χ4v) is 3.33. The van der Waals surface area contributed by atoms with Crippen LogP contribution >= 0.6 is 11.8 Å². The molecule has 1 N–H and O–H groups in total. The minimum absolute atomic E-state index is 0.765. The molecule has 0 bridgehead atoms. The molecule has 0 aliphatic heterocycles. The van der Waals surface area contributed by atoms with Crippen molar-refractivity contribution in [2.24, 2.45) is 11.8 Å². The monoisotopic (exact) mass is 274 g/mol. The van der Waals surface area contributed by atoms with Gasteiger partial charge in [-0.3, -0.25) is 0 Å². The van der Waals surface area contributed by atoms with Gasteiger partial charge in [0.1, 0.15) is 6.07 Å². The van der Waals surface area contributed by atoms with Crippen molar-refractivity contribution in [3.05, 3.63) is 23.8 Å². The summed E-state index contributed by atoms with van der Waals surface area (Å²) in [6.45, 7) is 3.35. The first-order valence-corrected chi connectivity index (χ1v) is 8.28. The molecule has 1 saturated carbocycles. The molecule has 1 fully saturated rings. The lowest BCUT2D eigenvalue weighted by molar-refractivity contribution is 0.300. The first-order valence-electron chi connectivity index (χ1n) is 7.05. The minimum atomic E-state index is 0.765. The molecule has 3 heteroatoms. The molecule has 0 radical (unpaired) electrons. The molecule has 1 aromatic rings. The van der Waals surface area contributed by atoms with E-state index in [0.717, 1.165) is 34.5 Å². The number of benzene rings is 1. The second-order valence-corrected chi connectivity index (χ2v) is 6.35. The predicted octanol–water partition coefficient (Wildman–Crippen LogP) is 4.52. The van der Waals surface area contributed by atoms with Gasteiger partial charge < -0.3 is 5.32 Å². The third kappa shape index (κ3) is 3.67. The van der Waals surface area contributed by atoms with Gasteiger partial charge in [0, 0.05) is 11.4 Å². The van der Waals surface area contributed by atoms with E-state index in [9.17, 15) is 5.26 Å². The summed E-state index contributed by atoms with van der Waals surface area (Å²) in [6.07, 6.45) is 7.35. The zero-order valence-electron chi connectivity index (χ0n) is 11.8. The predicted molar refractivity (Wildman–Crippen MR) is 82.5 cm³/mol. The quantitative estimate of drug-likeness (QED) is 0.820. The van der Waals surface area contributed by atoms with Crippen molar-refractivity contribution in [3.63, 3.8) is 0 Å². The van der Waals surface area contributed by atoms with Crippen LogP contribution in [0.15, 0.2) is 23.1 Å². The molecule has 0 spiro atoms. The number of nitrogens with zero attached hydrogens (tertiary/aromatic N) is 1. The summed E-state index contributed by atoms with van der Waals surface area (Å²) >= 11 is 1.63. The van der Waals surface area contributed by atoms with Crippen molar-refractivity contribution >= 4 is 17.4 Å². The smallest absolute Gasteiger partial charge is 0.102 e. The average Bonchev–Trinajstić information content (AvgIpc) is 2.46. The van der Waals surface area contributed by atoms with Crippen LogP contribution in [0.4, 0.5) is 5.69 Å². The summed E-state index contributed by atoms with van der Waals surface area (Å²) < 4.78 is 0. The molecule has 1 aliphatic rings. The Kier molecular flexibility index (Phi) is 5.15. The largest absolute Gasteiger partial charge is 0.384 e. The summed E-state index contributed by atoms with van der Waals surface area (Å²) in [5, 5.41) is 12.8. The number of hydrogen-bond donors (Lipinski definition) is 1. The highest BCUT2D eigenvalue weighted by Gasteiger charge is 2.18. The first kappa shape index (κ1) is 14.3. The zero-order chi connectivity index (χ0) is 13.7. The Labute approximate surface area is 120 Å². The molecule has 1 aromatic carbocycles. The van der Waals surface area contributed by atoms with E-state index in [0.29, 0.717) is 0 Å². The SMILES string of the molecule is CSc1cccc(NCC2CCC(C)CC2)c1C#N. The molecule has 2 rings (SSSR count). The topological polar surface area (TPSA) is 35.8 Å². The first-order chi connectivity index (χ1) is 9.24. The molecule has 0 atom stereocenters. The highest BCUT2D eigenvalue weighted by molar-refractivity contribution is 7.98. The summed E-state index contributed by atoms with van der Waals surface area (Å²) in [7, 11) is 0. The zero-order valence-corrected chi connectivity index (χ0v) is 12.6. The third-order valence-electron chi connectivity index (χ3n) is 4.07. The summed E-state index contributed by atoms with van der Waals surface area (Å²) in [4.78, 5) is 1.06. The molecule has 0 saturated heterocycles. The van der Waals surface area contributed by atoms with Gasteiger partial charge in [-0.25, -0.2) is 0 Å². The van der Waals surface area contributed by atoms with E-state index in [-0.39, 0.29) is 0 Å². The summed E-state index contributed by atoms with van der Waals surface area (Å²) in [5.41, 5.74) is 1.78. The molecule has 102 valence electrons. The second kappa shape index (κ2) is 6.86. The van der Waals surface area contributed by atoms with Crippen LogP contribution in [0.5, 0.6) is 0 Å². The Morgan fingerprint density at radius 1 is 1.32 bits per heavy atom. The molecule has 2 nitrogen and oxygen atoms in total. The van der Waals surface area contributed by atoms with Gasteiger partial charge in [-0.05, 0) is 43.1 Å². The van der Waals surface area contributed by atoms with Crippen molar-refractivity contribution in [1.82, 2.24) is 0 Å². The molecule has 0 amide bonds. The standard InChI is InChI=1S/C16H22N2S/c1-12-6-8-13(9-7-12)11-18-15-4-3-5-16(19-2)14(15)10-17/h3-5,12-13,18H,6-9,11H2,1-2H3. The lowest BCUT2D eigenvalue weighted by Crippen LogP contribution is -2.20. The van der Waals surface area contributed by atoms with Crippen molar-refractivity contribution in [2.75, 3.05) is 18.1 Å². The van der Waals surface area contributed by atoms with Crippen LogP contribution in [0.1, 0.15) is 38.2 Å². The molecular weight excluding hydrogens is 252 g/mol. The van der Waals surface area contributed by atoms with E-state index in [4.69, 9.17) is 0 Å². The fourth-order valence-electron chi connectivity index (χ4n) is 2.75. The van der Waals surface area contributed by atoms with E-state index in [2.05, 4.69) is 18.3 Å². The number of rotatable bonds is 4. The maximum atomic E-state index is 9.30. The second-order valence-electron chi connectivity index (χ2n) is 5.50. The van der Waals surface area contributed by atoms with Crippen molar-refractivity contribution in [3.8, 4) is 6.07 Å². The molecule has 19 heavy (non-hydrogen) atoms. The van der Waals surface area contributed by atoms with Gasteiger partial charge in [-0.1, -0.05) is 25.8 Å². The Morgan fingerprint density at radius 2 is 2.05 bits per heavy atom. The summed E-state index contributed by atoms with van der Waals surface area (Å²) in [5.74, 6) is 1.66. The molecule has 0 unspecified atom stereocenters. The highest BCUT2D eigenvalue weighted by atomic mass is 32.2. The van der Waals surface area contributed by atoms with Crippen LogP contribution in [0.3, 0.4) is 0 Å². The lowest BCUT2D eigenvalue weighted by Gasteiger charge is -2.26. The normalized spacial score (nSPS) is 22.8. The van der Waals surface area contributed by atoms with Crippen LogP contribution in [0.2, 0.25) is 0 Å². The number of thioether (sulfide) groups is 1. The fraction of sp³-hybridized carbons (Fsp3) is 0.562. The van der Waals surface area contributed by atoms with Gasteiger partial charge in [0.2, 0.25) is 0 Å². The van der Waals surface area contributed by atoms with Gasteiger partial charge in [0.25, 0.3) is 0 Å². The van der Waals surface area contributed by atoms with E-state index >= 15 is 0 Å². The molecule has 0 aromatic heterocycles. The van der Waals surface area contributed by atoms with Crippen LogP contribution in [-0.4, -0.2) is 12.8 Å². The van der Waals surface area contributed by atoms with E-state index < -0.39 is 0 Å². The summed E-state index contributed by atoms with van der Waals surface area (Å²) in [6, 6.07) is 8.38. The Bertz CT molecular complexity index is 456.